The van der Waals surface area contributed by atoms with Crippen molar-refractivity contribution in [1.29, 1.82) is 0 Å². The number of hydrogen-bond donors (Lipinski definition) is 1. The summed E-state index contributed by atoms with van der Waals surface area (Å²) in [6, 6.07) is 5.89. The first-order chi connectivity index (χ1) is 14.2. The molecule has 0 aromatic heterocycles. The number of aryl methyl sites for hydroxylation is 2. The highest BCUT2D eigenvalue weighted by Crippen LogP contribution is 2.27. The van der Waals surface area contributed by atoms with E-state index < -0.39 is 15.1 Å². The van der Waals surface area contributed by atoms with E-state index in [0.29, 0.717) is 5.75 Å². The third kappa shape index (κ3) is 10.3. The quantitative estimate of drug-likeness (QED) is 0.201. The summed E-state index contributed by atoms with van der Waals surface area (Å²) in [4.78, 5) is -1.66. The predicted octanol–water partition coefficient (Wildman–Crippen LogP) is 7.50. The minimum absolute atomic E-state index is 0.505. The molecule has 5 heteroatoms. The summed E-state index contributed by atoms with van der Waals surface area (Å²) in [6.07, 6.45) is 17.2. The van der Waals surface area contributed by atoms with Crippen LogP contribution in [0, 0.1) is 0 Å². The maximum Gasteiger partial charge on any atom is 0.305 e. The smallest absolute Gasteiger partial charge is 0.305 e. The zero-order chi connectivity index (χ0) is 22.5. The van der Waals surface area contributed by atoms with Crippen LogP contribution in [0.3, 0.4) is 0 Å². The van der Waals surface area contributed by atoms with Gasteiger partial charge in [0.25, 0.3) is 0 Å². The summed E-state index contributed by atoms with van der Waals surface area (Å²) < 4.78 is 38.3. The molecular weight excluding hydrogens is 396 g/mol. The Balaban J connectivity index is 2.76. The fourth-order valence-corrected chi connectivity index (χ4v) is 3.87. The van der Waals surface area contributed by atoms with Crippen molar-refractivity contribution in [2.45, 2.75) is 123 Å². The van der Waals surface area contributed by atoms with E-state index in [1.807, 2.05) is 12.1 Å². The summed E-state index contributed by atoms with van der Waals surface area (Å²) in [7, 11) is -4.30. The molecule has 0 aliphatic heterocycles. The van der Waals surface area contributed by atoms with Crippen LogP contribution in [0.2, 0.25) is 0 Å². The lowest BCUT2D eigenvalue weighted by Crippen LogP contribution is -2.37. The molecule has 0 saturated carbocycles. The molecular formula is C25H44O4S. The van der Waals surface area contributed by atoms with Gasteiger partial charge in [-0.1, -0.05) is 84.1 Å². The van der Waals surface area contributed by atoms with Crippen molar-refractivity contribution in [2.24, 2.45) is 0 Å². The zero-order valence-electron chi connectivity index (χ0n) is 19.7. The standard InChI is InChI=1S/C25H44O4S/c1-5-7-9-11-13-15-17-22-19-20-24(29-25(3,4)30(26,27)28)21-23(22)18-16-14-12-10-8-6-2/h19-21H,5-18H2,1-4H3,(H,26,27,28). The van der Waals surface area contributed by atoms with Gasteiger partial charge < -0.3 is 4.74 Å². The monoisotopic (exact) mass is 440 g/mol. The molecule has 0 bridgehead atoms. The van der Waals surface area contributed by atoms with Crippen LogP contribution in [0.1, 0.15) is 116 Å². The number of rotatable bonds is 17. The predicted molar refractivity (Wildman–Crippen MR) is 127 cm³/mol. The average molecular weight is 441 g/mol. The van der Waals surface area contributed by atoms with Crippen molar-refractivity contribution < 1.29 is 17.7 Å². The molecule has 0 amide bonds. The Morgan fingerprint density at radius 2 is 1.23 bits per heavy atom. The molecule has 0 radical (unpaired) electrons. The number of benzene rings is 1. The van der Waals surface area contributed by atoms with E-state index >= 15 is 0 Å². The van der Waals surface area contributed by atoms with Gasteiger partial charge >= 0.3 is 10.1 Å². The summed E-state index contributed by atoms with van der Waals surface area (Å²) in [5, 5.41) is 0. The van der Waals surface area contributed by atoms with Crippen molar-refractivity contribution in [3.05, 3.63) is 29.3 Å². The largest absolute Gasteiger partial charge is 0.469 e. The van der Waals surface area contributed by atoms with Gasteiger partial charge in [-0.25, -0.2) is 0 Å². The van der Waals surface area contributed by atoms with Crippen molar-refractivity contribution in [2.75, 3.05) is 0 Å². The first-order valence-electron chi connectivity index (χ1n) is 12.0. The van der Waals surface area contributed by atoms with Crippen molar-refractivity contribution >= 4 is 10.1 Å². The lowest BCUT2D eigenvalue weighted by molar-refractivity contribution is 0.178. The lowest BCUT2D eigenvalue weighted by atomic mass is 9.96. The zero-order valence-corrected chi connectivity index (χ0v) is 20.5. The fourth-order valence-electron chi connectivity index (χ4n) is 3.67. The van der Waals surface area contributed by atoms with Crippen molar-refractivity contribution in [3.63, 3.8) is 0 Å². The third-order valence-corrected chi connectivity index (χ3v) is 7.09. The van der Waals surface area contributed by atoms with E-state index in [0.717, 1.165) is 19.3 Å². The van der Waals surface area contributed by atoms with Crippen molar-refractivity contribution in [1.82, 2.24) is 0 Å². The van der Waals surface area contributed by atoms with Crippen LogP contribution in [0.15, 0.2) is 18.2 Å². The molecule has 30 heavy (non-hydrogen) atoms. The van der Waals surface area contributed by atoms with E-state index in [9.17, 15) is 13.0 Å². The molecule has 0 saturated heterocycles. The second kappa shape index (κ2) is 14.1. The van der Waals surface area contributed by atoms with Gasteiger partial charge in [0.1, 0.15) is 5.75 Å². The highest BCUT2D eigenvalue weighted by molar-refractivity contribution is 7.87. The Bertz CT molecular complexity index is 695. The maximum atomic E-state index is 11.6. The molecule has 0 fully saturated rings. The van der Waals surface area contributed by atoms with Gasteiger partial charge in [0.15, 0.2) is 0 Å². The van der Waals surface area contributed by atoms with Gasteiger partial charge in [-0.3, -0.25) is 4.55 Å². The Kier molecular flexibility index (Phi) is 12.7. The molecule has 0 spiro atoms. The first-order valence-corrected chi connectivity index (χ1v) is 13.4. The maximum absolute atomic E-state index is 11.6. The molecule has 0 unspecified atom stereocenters. The van der Waals surface area contributed by atoms with Gasteiger partial charge in [-0.05, 0) is 62.8 Å². The van der Waals surface area contributed by atoms with Crippen LogP contribution in [0.5, 0.6) is 5.75 Å². The van der Waals surface area contributed by atoms with Gasteiger partial charge in [0, 0.05) is 0 Å². The van der Waals surface area contributed by atoms with E-state index in [2.05, 4.69) is 19.9 Å². The fraction of sp³-hybridized carbons (Fsp3) is 0.760. The van der Waals surface area contributed by atoms with Gasteiger partial charge in [-0.2, -0.15) is 8.42 Å². The molecule has 0 heterocycles. The number of ether oxygens (including phenoxy) is 1. The van der Waals surface area contributed by atoms with Crippen molar-refractivity contribution in [3.8, 4) is 5.75 Å². The van der Waals surface area contributed by atoms with E-state index in [4.69, 9.17) is 4.74 Å². The van der Waals surface area contributed by atoms with Crippen LogP contribution in [0.25, 0.3) is 0 Å². The molecule has 0 aliphatic rings. The van der Waals surface area contributed by atoms with Crippen LogP contribution in [-0.4, -0.2) is 17.9 Å². The molecule has 1 N–H and O–H groups in total. The Morgan fingerprint density at radius 3 is 1.73 bits per heavy atom. The number of hydrogen-bond acceptors (Lipinski definition) is 3. The van der Waals surface area contributed by atoms with E-state index in [-0.39, 0.29) is 0 Å². The molecule has 174 valence electrons. The van der Waals surface area contributed by atoms with Crippen LogP contribution < -0.4 is 4.74 Å². The topological polar surface area (TPSA) is 63.6 Å². The summed E-state index contributed by atoms with van der Waals surface area (Å²) >= 11 is 0. The molecule has 0 aliphatic carbocycles. The summed E-state index contributed by atoms with van der Waals surface area (Å²) in [5.41, 5.74) is 2.60. The summed E-state index contributed by atoms with van der Waals surface area (Å²) in [6.45, 7) is 7.22. The highest BCUT2D eigenvalue weighted by Gasteiger charge is 2.35. The lowest BCUT2D eigenvalue weighted by Gasteiger charge is -2.24. The first kappa shape index (κ1) is 27.0. The van der Waals surface area contributed by atoms with E-state index in [1.165, 1.54) is 95.6 Å². The molecule has 1 rings (SSSR count). The summed E-state index contributed by atoms with van der Waals surface area (Å²) in [5.74, 6) is 0.505. The average Bonchev–Trinajstić information content (AvgIpc) is 2.67. The van der Waals surface area contributed by atoms with E-state index in [1.54, 1.807) is 0 Å². The van der Waals surface area contributed by atoms with Crippen LogP contribution in [-0.2, 0) is 23.0 Å². The molecule has 0 atom stereocenters. The van der Waals surface area contributed by atoms with Crippen LogP contribution >= 0.6 is 0 Å². The third-order valence-electron chi connectivity index (χ3n) is 5.76. The Hall–Kier alpha value is -1.07. The SMILES string of the molecule is CCCCCCCCc1ccc(OC(C)(C)S(=O)(=O)O)cc1CCCCCCCC. The highest BCUT2D eigenvalue weighted by atomic mass is 32.2. The van der Waals surface area contributed by atoms with Gasteiger partial charge in [-0.15, -0.1) is 0 Å². The Morgan fingerprint density at radius 1 is 0.767 bits per heavy atom. The minimum Gasteiger partial charge on any atom is -0.469 e. The van der Waals surface area contributed by atoms with Gasteiger partial charge in [0.2, 0.25) is 4.93 Å². The van der Waals surface area contributed by atoms with Crippen LogP contribution in [0.4, 0.5) is 0 Å². The molecule has 1 aromatic carbocycles. The molecule has 4 nitrogen and oxygen atoms in total. The molecule has 1 aromatic rings. The second-order valence-corrected chi connectivity index (χ2v) is 10.9. The van der Waals surface area contributed by atoms with Gasteiger partial charge in [0.05, 0.1) is 0 Å². The minimum atomic E-state index is -4.30. The second-order valence-electron chi connectivity index (χ2n) is 8.94. The number of unbranched alkanes of at least 4 members (excludes halogenated alkanes) is 10. The Labute approximate surface area is 185 Å². The normalized spacial score (nSPS) is 12.3.